The van der Waals surface area contributed by atoms with Gasteiger partial charge >= 0.3 is 0 Å². The first-order valence-corrected chi connectivity index (χ1v) is 9.48. The van der Waals surface area contributed by atoms with Crippen molar-refractivity contribution in [2.45, 2.75) is 44.2 Å². The van der Waals surface area contributed by atoms with Crippen LogP contribution in [0.25, 0.3) is 5.69 Å². The van der Waals surface area contributed by atoms with Crippen LogP contribution in [0.2, 0.25) is 0 Å². The first-order chi connectivity index (χ1) is 11.7. The molecule has 3 rings (SSSR count). The largest absolute Gasteiger partial charge is 0.342 e. The van der Waals surface area contributed by atoms with Gasteiger partial charge in [0.15, 0.2) is 0 Å². The molecule has 6 nitrogen and oxygen atoms in total. The number of benzene rings is 1. The second-order valence-electron chi connectivity index (χ2n) is 6.15. The van der Waals surface area contributed by atoms with Crippen molar-refractivity contribution in [3.05, 3.63) is 29.8 Å². The van der Waals surface area contributed by atoms with E-state index >= 15 is 0 Å². The lowest BCUT2D eigenvalue weighted by Crippen LogP contribution is -2.35. The minimum absolute atomic E-state index is 0.181. The molecule has 1 aromatic heterocycles. The lowest BCUT2D eigenvalue weighted by molar-refractivity contribution is -0.128. The van der Waals surface area contributed by atoms with Crippen LogP contribution in [0, 0.1) is 6.92 Å². The van der Waals surface area contributed by atoms with Gasteiger partial charge in [-0.25, -0.2) is 0 Å². The summed E-state index contributed by atoms with van der Waals surface area (Å²) in [6.07, 6.45) is 5.96. The lowest BCUT2D eigenvalue weighted by Gasteiger charge is -2.24. The van der Waals surface area contributed by atoms with E-state index in [1.54, 1.807) is 4.68 Å². The molecule has 0 unspecified atom stereocenters. The molecule has 0 atom stereocenters. The molecule has 1 amide bonds. The number of aryl methyl sites for hydroxylation is 1. The van der Waals surface area contributed by atoms with Gasteiger partial charge in [0.25, 0.3) is 0 Å². The van der Waals surface area contributed by atoms with E-state index in [-0.39, 0.29) is 5.91 Å². The molecule has 0 aliphatic carbocycles. The maximum atomic E-state index is 12.5. The van der Waals surface area contributed by atoms with E-state index in [1.807, 2.05) is 36.1 Å². The second-order valence-corrected chi connectivity index (χ2v) is 7.09. The van der Waals surface area contributed by atoms with E-state index in [0.29, 0.717) is 10.9 Å². The van der Waals surface area contributed by atoms with Crippen LogP contribution in [0.15, 0.2) is 29.4 Å². The molecule has 1 aromatic carbocycles. The summed E-state index contributed by atoms with van der Waals surface area (Å²) in [5, 5.41) is 12.5. The van der Waals surface area contributed by atoms with E-state index in [9.17, 15) is 4.79 Å². The first-order valence-electron chi connectivity index (χ1n) is 8.50. The number of nitrogens with zero attached hydrogens (tertiary/aromatic N) is 5. The molecule has 1 aliphatic rings. The molecular formula is C17H23N5OS. The van der Waals surface area contributed by atoms with Gasteiger partial charge in [0, 0.05) is 13.1 Å². The Hall–Kier alpha value is -1.89. The monoisotopic (exact) mass is 345 g/mol. The van der Waals surface area contributed by atoms with Crippen LogP contribution < -0.4 is 0 Å². The summed E-state index contributed by atoms with van der Waals surface area (Å²) in [6, 6.07) is 8.01. The van der Waals surface area contributed by atoms with Gasteiger partial charge in [-0.1, -0.05) is 43.2 Å². The van der Waals surface area contributed by atoms with Crippen molar-refractivity contribution in [1.29, 1.82) is 0 Å². The molecule has 1 saturated heterocycles. The average molecular weight is 345 g/mol. The summed E-state index contributed by atoms with van der Waals surface area (Å²) < 4.78 is 1.69. The van der Waals surface area contributed by atoms with Crippen LogP contribution in [0.3, 0.4) is 0 Å². The highest BCUT2D eigenvalue weighted by Gasteiger charge is 2.17. The number of aromatic nitrogens is 4. The Labute approximate surface area is 146 Å². The van der Waals surface area contributed by atoms with Crippen molar-refractivity contribution in [2.75, 3.05) is 18.8 Å². The van der Waals surface area contributed by atoms with Gasteiger partial charge < -0.3 is 4.90 Å². The number of amides is 1. The molecule has 0 bridgehead atoms. The fourth-order valence-corrected chi connectivity index (χ4v) is 3.70. The quantitative estimate of drug-likeness (QED) is 0.797. The Bertz CT molecular complexity index is 679. The number of hydrogen-bond donors (Lipinski definition) is 0. The molecular weight excluding hydrogens is 322 g/mol. The summed E-state index contributed by atoms with van der Waals surface area (Å²) >= 11 is 1.40. The highest BCUT2D eigenvalue weighted by molar-refractivity contribution is 7.99. The van der Waals surface area contributed by atoms with E-state index in [4.69, 9.17) is 0 Å². The Morgan fingerprint density at radius 1 is 1.17 bits per heavy atom. The SMILES string of the molecule is Cc1cccc(-n2nnnc2SCC(=O)N2CCCCCCC2)c1. The van der Waals surface area contributed by atoms with Crippen molar-refractivity contribution >= 4 is 17.7 Å². The van der Waals surface area contributed by atoms with Crippen molar-refractivity contribution < 1.29 is 4.79 Å². The Morgan fingerprint density at radius 2 is 1.92 bits per heavy atom. The zero-order valence-electron chi connectivity index (χ0n) is 14.0. The lowest BCUT2D eigenvalue weighted by atomic mass is 10.1. The van der Waals surface area contributed by atoms with Gasteiger partial charge in [-0.05, 0) is 47.9 Å². The fourth-order valence-electron chi connectivity index (χ4n) is 2.91. The molecule has 0 N–H and O–H groups in total. The second kappa shape index (κ2) is 8.28. The summed E-state index contributed by atoms with van der Waals surface area (Å²) in [6.45, 7) is 3.79. The maximum absolute atomic E-state index is 12.5. The molecule has 128 valence electrons. The molecule has 2 heterocycles. The van der Waals surface area contributed by atoms with Crippen molar-refractivity contribution in [3.8, 4) is 5.69 Å². The number of likely N-dealkylation sites (tertiary alicyclic amines) is 1. The standard InChI is InChI=1S/C17H23N5OS/c1-14-8-7-9-15(12-14)22-17(18-19-20-22)24-13-16(23)21-10-5-3-2-4-6-11-21/h7-9,12H,2-6,10-11,13H2,1H3. The van der Waals surface area contributed by atoms with Crippen LogP contribution in [0.1, 0.15) is 37.7 Å². The molecule has 2 aromatic rings. The zero-order valence-corrected chi connectivity index (χ0v) is 14.8. The van der Waals surface area contributed by atoms with Crippen LogP contribution in [0.4, 0.5) is 0 Å². The minimum Gasteiger partial charge on any atom is -0.342 e. The third-order valence-corrected chi connectivity index (χ3v) is 5.12. The highest BCUT2D eigenvalue weighted by Crippen LogP contribution is 2.20. The van der Waals surface area contributed by atoms with Gasteiger partial charge in [-0.15, -0.1) is 5.10 Å². The minimum atomic E-state index is 0.181. The summed E-state index contributed by atoms with van der Waals surface area (Å²) in [5.41, 5.74) is 2.07. The van der Waals surface area contributed by atoms with Crippen LogP contribution in [-0.2, 0) is 4.79 Å². The summed E-state index contributed by atoms with van der Waals surface area (Å²) in [5.74, 6) is 0.562. The first kappa shape index (κ1) is 17.0. The average Bonchev–Trinajstić information content (AvgIpc) is 3.01. The van der Waals surface area contributed by atoms with Gasteiger partial charge in [0.05, 0.1) is 11.4 Å². The molecule has 1 aliphatic heterocycles. The van der Waals surface area contributed by atoms with E-state index < -0.39 is 0 Å². The molecule has 0 radical (unpaired) electrons. The predicted molar refractivity (Wildman–Crippen MR) is 94.3 cm³/mol. The summed E-state index contributed by atoms with van der Waals surface area (Å²) in [7, 11) is 0. The number of thioether (sulfide) groups is 1. The molecule has 0 spiro atoms. The van der Waals surface area contributed by atoms with E-state index in [2.05, 4.69) is 15.5 Å². The van der Waals surface area contributed by atoms with Gasteiger partial charge in [0.2, 0.25) is 11.1 Å². The van der Waals surface area contributed by atoms with Crippen molar-refractivity contribution in [3.63, 3.8) is 0 Å². The maximum Gasteiger partial charge on any atom is 0.233 e. The normalized spacial score (nSPS) is 15.8. The van der Waals surface area contributed by atoms with Crippen LogP contribution in [-0.4, -0.2) is 49.9 Å². The number of hydrogen-bond acceptors (Lipinski definition) is 5. The highest BCUT2D eigenvalue weighted by atomic mass is 32.2. The van der Waals surface area contributed by atoms with E-state index in [0.717, 1.165) is 37.2 Å². The number of rotatable bonds is 4. The predicted octanol–water partition coefficient (Wildman–Crippen LogP) is 2.86. The summed E-state index contributed by atoms with van der Waals surface area (Å²) in [4.78, 5) is 14.5. The molecule has 0 saturated carbocycles. The third-order valence-electron chi connectivity index (χ3n) is 4.22. The Kier molecular flexibility index (Phi) is 5.85. The smallest absolute Gasteiger partial charge is 0.233 e. The number of tetrazole rings is 1. The Balaban J connectivity index is 1.62. The number of carbonyl (C=O) groups is 1. The van der Waals surface area contributed by atoms with E-state index in [1.165, 1.54) is 31.0 Å². The van der Waals surface area contributed by atoms with Crippen LogP contribution >= 0.6 is 11.8 Å². The zero-order chi connectivity index (χ0) is 16.8. The Morgan fingerprint density at radius 3 is 2.67 bits per heavy atom. The van der Waals surface area contributed by atoms with Crippen LogP contribution in [0.5, 0.6) is 0 Å². The number of carbonyl (C=O) groups excluding carboxylic acids is 1. The van der Waals surface area contributed by atoms with Crippen molar-refractivity contribution in [1.82, 2.24) is 25.1 Å². The van der Waals surface area contributed by atoms with Crippen molar-refractivity contribution in [2.24, 2.45) is 0 Å². The third kappa shape index (κ3) is 4.35. The topological polar surface area (TPSA) is 63.9 Å². The van der Waals surface area contributed by atoms with Gasteiger partial charge in [-0.2, -0.15) is 4.68 Å². The van der Waals surface area contributed by atoms with Gasteiger partial charge in [0.1, 0.15) is 0 Å². The molecule has 24 heavy (non-hydrogen) atoms. The van der Waals surface area contributed by atoms with Gasteiger partial charge in [-0.3, -0.25) is 4.79 Å². The fraction of sp³-hybridized carbons (Fsp3) is 0.529. The molecule has 7 heteroatoms. The molecule has 1 fully saturated rings.